The first-order valence-electron chi connectivity index (χ1n) is 11.7. The molecule has 0 aliphatic carbocycles. The van der Waals surface area contributed by atoms with E-state index in [1.165, 1.54) is 14.2 Å². The molecule has 3 amide bonds. The Morgan fingerprint density at radius 2 is 1.32 bits per heavy atom. The number of para-hydroxylation sites is 1. The number of likely N-dealkylation sites (tertiary alicyclic amines) is 1. The Morgan fingerprint density at radius 1 is 0.730 bits per heavy atom. The molecule has 2 fully saturated rings. The summed E-state index contributed by atoms with van der Waals surface area (Å²) < 4.78 is 17.6. The first-order chi connectivity index (χ1) is 18.0. The van der Waals surface area contributed by atoms with Gasteiger partial charge in [-0.2, -0.15) is 0 Å². The van der Waals surface area contributed by atoms with Gasteiger partial charge in [-0.3, -0.25) is 19.3 Å². The zero-order valence-electron chi connectivity index (χ0n) is 20.2. The van der Waals surface area contributed by atoms with Crippen LogP contribution in [-0.4, -0.2) is 55.1 Å². The first kappa shape index (κ1) is 25.1. The van der Waals surface area contributed by atoms with Crippen molar-refractivity contribution in [1.29, 1.82) is 0 Å². The van der Waals surface area contributed by atoms with E-state index >= 15 is 0 Å². The summed E-state index contributed by atoms with van der Waals surface area (Å²) in [5.41, 5.74) is 2.30. The van der Waals surface area contributed by atoms with Crippen molar-refractivity contribution < 1.29 is 28.6 Å². The lowest BCUT2D eigenvalue weighted by Crippen LogP contribution is -2.67. The van der Waals surface area contributed by atoms with Crippen LogP contribution < -0.4 is 9.64 Å². The molecule has 8 nitrogen and oxygen atoms in total. The van der Waals surface area contributed by atoms with Gasteiger partial charge in [-0.1, -0.05) is 70.5 Å². The predicted octanol–water partition coefficient (Wildman–Crippen LogP) is 3.88. The SMILES string of the molecule is CO[C@H]1C(=O)N(C2C(=O)N(c3ccccc3)[C@@H]2c2ccc(Br)cc2OCc2ccccc2)C(=O)[C@@H]1OC. The first-order valence-corrected chi connectivity index (χ1v) is 12.5. The second-order valence-electron chi connectivity index (χ2n) is 8.75. The van der Waals surface area contributed by atoms with Crippen molar-refractivity contribution in [1.82, 2.24) is 4.90 Å². The van der Waals surface area contributed by atoms with Gasteiger partial charge in [-0.25, -0.2) is 0 Å². The highest BCUT2D eigenvalue weighted by molar-refractivity contribution is 9.10. The number of anilines is 1. The lowest BCUT2D eigenvalue weighted by Gasteiger charge is -2.50. The van der Waals surface area contributed by atoms with E-state index in [0.717, 1.165) is 14.9 Å². The molecule has 0 aromatic heterocycles. The number of carbonyl (C=O) groups is 3. The van der Waals surface area contributed by atoms with Crippen LogP contribution in [0.15, 0.2) is 83.3 Å². The summed E-state index contributed by atoms with van der Waals surface area (Å²) in [6.45, 7) is 0.306. The summed E-state index contributed by atoms with van der Waals surface area (Å²) in [4.78, 5) is 42.7. The number of halogens is 1. The third-order valence-electron chi connectivity index (χ3n) is 6.66. The minimum absolute atomic E-state index is 0.306. The smallest absolute Gasteiger partial charge is 0.262 e. The topological polar surface area (TPSA) is 85.4 Å². The fraction of sp³-hybridized carbons (Fsp3) is 0.250. The molecule has 2 saturated heterocycles. The molecule has 2 aliphatic heterocycles. The van der Waals surface area contributed by atoms with Crippen LogP contribution in [0.25, 0.3) is 0 Å². The molecule has 3 aromatic carbocycles. The highest BCUT2D eigenvalue weighted by Gasteiger charge is 2.61. The molecule has 0 spiro atoms. The van der Waals surface area contributed by atoms with Crippen LogP contribution in [-0.2, 0) is 30.5 Å². The number of hydrogen-bond donors (Lipinski definition) is 0. The molecule has 190 valence electrons. The second-order valence-corrected chi connectivity index (χ2v) is 9.66. The molecule has 37 heavy (non-hydrogen) atoms. The summed E-state index contributed by atoms with van der Waals surface area (Å²) in [7, 11) is 2.68. The molecular formula is C28H25BrN2O6. The highest BCUT2D eigenvalue weighted by Crippen LogP contribution is 2.47. The molecule has 0 N–H and O–H groups in total. The van der Waals surface area contributed by atoms with Crippen LogP contribution in [0.1, 0.15) is 17.2 Å². The number of carbonyl (C=O) groups excluding carboxylic acids is 3. The Labute approximate surface area is 222 Å². The fourth-order valence-electron chi connectivity index (χ4n) is 4.89. The lowest BCUT2D eigenvalue weighted by atomic mass is 9.86. The van der Waals surface area contributed by atoms with E-state index in [1.54, 1.807) is 4.90 Å². The lowest BCUT2D eigenvalue weighted by molar-refractivity contribution is -0.153. The van der Waals surface area contributed by atoms with E-state index in [0.29, 0.717) is 23.6 Å². The molecule has 3 aromatic rings. The average molecular weight is 565 g/mol. The van der Waals surface area contributed by atoms with Crippen molar-refractivity contribution in [2.45, 2.75) is 30.9 Å². The van der Waals surface area contributed by atoms with Crippen molar-refractivity contribution in [3.05, 3.63) is 94.5 Å². The number of nitrogens with zero attached hydrogens (tertiary/aromatic N) is 2. The van der Waals surface area contributed by atoms with E-state index < -0.39 is 36.1 Å². The Morgan fingerprint density at radius 3 is 1.92 bits per heavy atom. The number of rotatable bonds is 8. The van der Waals surface area contributed by atoms with Crippen LogP contribution in [0, 0.1) is 0 Å². The number of β-lactam (4-membered cyclic amide) rings is 1. The zero-order chi connectivity index (χ0) is 26.1. The van der Waals surface area contributed by atoms with Gasteiger partial charge in [-0.05, 0) is 29.8 Å². The Bertz CT molecular complexity index is 1300. The fourth-order valence-corrected chi connectivity index (χ4v) is 5.23. The number of benzene rings is 3. The van der Waals surface area contributed by atoms with E-state index in [-0.39, 0.29) is 5.91 Å². The molecule has 1 unspecified atom stereocenters. The van der Waals surface area contributed by atoms with E-state index in [9.17, 15) is 14.4 Å². The average Bonchev–Trinajstić information content (AvgIpc) is 3.16. The van der Waals surface area contributed by atoms with Crippen molar-refractivity contribution >= 4 is 39.3 Å². The number of methoxy groups -OCH3 is 2. The molecule has 0 bridgehead atoms. The van der Waals surface area contributed by atoms with Gasteiger partial charge in [0.25, 0.3) is 17.7 Å². The minimum atomic E-state index is -1.12. The highest BCUT2D eigenvalue weighted by atomic mass is 79.9. The summed E-state index contributed by atoms with van der Waals surface area (Å²) >= 11 is 3.51. The number of ether oxygens (including phenoxy) is 3. The van der Waals surface area contributed by atoms with Gasteiger partial charge in [0.05, 0.1) is 6.04 Å². The number of amides is 3. The van der Waals surface area contributed by atoms with Crippen LogP contribution in [0.5, 0.6) is 5.75 Å². The third kappa shape index (κ3) is 4.43. The van der Waals surface area contributed by atoms with Crippen LogP contribution >= 0.6 is 15.9 Å². The van der Waals surface area contributed by atoms with Crippen molar-refractivity contribution in [2.24, 2.45) is 0 Å². The molecule has 2 heterocycles. The van der Waals surface area contributed by atoms with E-state index in [4.69, 9.17) is 14.2 Å². The standard InChI is InChI=1S/C28H25BrN2O6/c1-35-24-25(36-2)28(34)31(27(24)33)23-22(30(26(23)32)19-11-7-4-8-12-19)20-14-13-18(29)15-21(20)37-16-17-9-5-3-6-10-17/h3-15,22-25H,16H2,1-2H3/t22-,23?,24-,25-/m1/s1. The third-order valence-corrected chi connectivity index (χ3v) is 7.15. The molecule has 2 aliphatic rings. The molecule has 0 radical (unpaired) electrons. The maximum absolute atomic E-state index is 13.6. The molecular weight excluding hydrogens is 540 g/mol. The van der Waals surface area contributed by atoms with Crippen molar-refractivity contribution in [3.8, 4) is 5.75 Å². The van der Waals surface area contributed by atoms with Crippen LogP contribution in [0.4, 0.5) is 5.69 Å². The number of imide groups is 1. The van der Waals surface area contributed by atoms with Gasteiger partial charge in [0.15, 0.2) is 12.2 Å². The Hall–Kier alpha value is -3.53. The maximum Gasteiger partial charge on any atom is 0.262 e. The molecule has 5 rings (SSSR count). The molecule has 9 heteroatoms. The van der Waals surface area contributed by atoms with Crippen LogP contribution in [0.2, 0.25) is 0 Å². The second kappa shape index (κ2) is 10.5. The van der Waals surface area contributed by atoms with Crippen LogP contribution in [0.3, 0.4) is 0 Å². The summed E-state index contributed by atoms with van der Waals surface area (Å²) in [6.07, 6.45) is -2.23. The summed E-state index contributed by atoms with van der Waals surface area (Å²) in [6, 6.07) is 22.6. The van der Waals surface area contributed by atoms with Gasteiger partial charge in [-0.15, -0.1) is 0 Å². The molecule has 0 saturated carbocycles. The Kier molecular flexibility index (Phi) is 7.10. The largest absolute Gasteiger partial charge is 0.488 e. The van der Waals surface area contributed by atoms with Gasteiger partial charge in [0.1, 0.15) is 18.4 Å². The van der Waals surface area contributed by atoms with Gasteiger partial charge in [0, 0.05) is 29.9 Å². The Balaban J connectivity index is 1.57. The van der Waals surface area contributed by atoms with Crippen molar-refractivity contribution in [3.63, 3.8) is 0 Å². The van der Waals surface area contributed by atoms with Crippen molar-refractivity contribution in [2.75, 3.05) is 19.1 Å². The number of hydrogen-bond acceptors (Lipinski definition) is 6. The van der Waals surface area contributed by atoms with E-state index in [1.807, 2.05) is 78.9 Å². The molecule has 4 atom stereocenters. The normalized spacial score (nSPS) is 23.4. The monoisotopic (exact) mass is 564 g/mol. The quantitative estimate of drug-likeness (QED) is 0.305. The van der Waals surface area contributed by atoms with Gasteiger partial charge >= 0.3 is 0 Å². The van der Waals surface area contributed by atoms with E-state index in [2.05, 4.69) is 15.9 Å². The predicted molar refractivity (Wildman–Crippen MR) is 139 cm³/mol. The minimum Gasteiger partial charge on any atom is -0.488 e. The summed E-state index contributed by atoms with van der Waals surface area (Å²) in [5, 5.41) is 0. The maximum atomic E-state index is 13.6. The van der Waals surface area contributed by atoms with Gasteiger partial charge in [0.2, 0.25) is 0 Å². The summed E-state index contributed by atoms with van der Waals surface area (Å²) in [5.74, 6) is -1.03. The zero-order valence-corrected chi connectivity index (χ0v) is 21.8. The van der Waals surface area contributed by atoms with Gasteiger partial charge < -0.3 is 19.1 Å².